The summed E-state index contributed by atoms with van der Waals surface area (Å²) < 4.78 is 2.30. The summed E-state index contributed by atoms with van der Waals surface area (Å²) >= 11 is 0. The molecule has 2 aromatic rings. The maximum Gasteiger partial charge on any atom is 0.0960 e. The van der Waals surface area contributed by atoms with Gasteiger partial charge in [-0.25, -0.2) is 4.98 Å². The number of nitrogens with one attached hydrogen (secondary N) is 1. The molecule has 1 fully saturated rings. The van der Waals surface area contributed by atoms with E-state index in [-0.39, 0.29) is 12.1 Å². The molecular weight excluding hydrogens is 262 g/mol. The monoisotopic (exact) mass is 287 g/mol. The van der Waals surface area contributed by atoms with Gasteiger partial charge in [-0.05, 0) is 50.8 Å². The molecule has 2 atom stereocenters. The van der Waals surface area contributed by atoms with Crippen molar-refractivity contribution in [1.82, 2.24) is 14.9 Å². The molecule has 4 heteroatoms. The summed E-state index contributed by atoms with van der Waals surface area (Å²) in [5.74, 6) is 0. The summed E-state index contributed by atoms with van der Waals surface area (Å²) in [5.41, 5.74) is 2.13. The number of benzene rings is 1. The summed E-state index contributed by atoms with van der Waals surface area (Å²) in [4.78, 5) is 4.51. The van der Waals surface area contributed by atoms with E-state index in [1.54, 1.807) is 0 Å². The number of aliphatic hydroxyl groups excluding tert-OH is 1. The molecule has 2 unspecified atom stereocenters. The second-order valence-corrected chi connectivity index (χ2v) is 6.26. The molecule has 1 aromatic heterocycles. The van der Waals surface area contributed by atoms with Crippen LogP contribution in [0.4, 0.5) is 0 Å². The molecule has 0 radical (unpaired) electrons. The first kappa shape index (κ1) is 14.5. The fourth-order valence-corrected chi connectivity index (χ4v) is 3.59. The molecule has 4 nitrogen and oxygen atoms in total. The Kier molecular flexibility index (Phi) is 4.27. The zero-order valence-corrected chi connectivity index (χ0v) is 12.8. The first-order valence-electron chi connectivity index (χ1n) is 8.05. The molecule has 0 spiro atoms. The Hall–Kier alpha value is -1.39. The van der Waals surface area contributed by atoms with Gasteiger partial charge in [-0.2, -0.15) is 0 Å². The number of nitrogens with zero attached hydrogens (tertiary/aromatic N) is 2. The summed E-state index contributed by atoms with van der Waals surface area (Å²) in [6.07, 6.45) is 7.41. The fraction of sp³-hybridized carbons (Fsp3) is 0.588. The SMILES string of the molecule is CCCNC1(CO)CCCC(n2cnc3ccccc32)C1. The molecule has 1 aliphatic rings. The zero-order chi connectivity index (χ0) is 14.7. The number of hydrogen-bond donors (Lipinski definition) is 2. The minimum atomic E-state index is -0.121. The van der Waals surface area contributed by atoms with Crippen LogP contribution in [0.3, 0.4) is 0 Å². The third-order valence-corrected chi connectivity index (χ3v) is 4.75. The number of aromatic nitrogens is 2. The molecule has 0 aliphatic heterocycles. The summed E-state index contributed by atoms with van der Waals surface area (Å²) in [5, 5.41) is 13.5. The van der Waals surface area contributed by atoms with Crippen LogP contribution in [-0.2, 0) is 0 Å². The maximum atomic E-state index is 9.91. The number of rotatable bonds is 5. The molecule has 1 saturated carbocycles. The lowest BCUT2D eigenvalue weighted by Gasteiger charge is -2.41. The highest BCUT2D eigenvalue weighted by molar-refractivity contribution is 5.75. The standard InChI is InChI=1S/C17H25N3O/c1-2-10-19-17(12-21)9-5-6-14(11-17)20-13-18-15-7-3-4-8-16(15)20/h3-4,7-8,13-14,19,21H,2,5-6,9-12H2,1H3. The van der Waals surface area contributed by atoms with Crippen molar-refractivity contribution in [2.45, 2.75) is 50.6 Å². The predicted octanol–water partition coefficient (Wildman–Crippen LogP) is 2.88. The molecule has 21 heavy (non-hydrogen) atoms. The van der Waals surface area contributed by atoms with Crippen molar-refractivity contribution in [3.8, 4) is 0 Å². The van der Waals surface area contributed by atoms with Crippen LogP contribution in [-0.4, -0.2) is 33.3 Å². The van der Waals surface area contributed by atoms with Crippen molar-refractivity contribution in [3.05, 3.63) is 30.6 Å². The molecule has 0 saturated heterocycles. The van der Waals surface area contributed by atoms with Crippen LogP contribution in [0, 0.1) is 0 Å². The van der Waals surface area contributed by atoms with Gasteiger partial charge in [0.15, 0.2) is 0 Å². The van der Waals surface area contributed by atoms with E-state index in [0.717, 1.165) is 44.2 Å². The lowest BCUT2D eigenvalue weighted by Crippen LogP contribution is -2.52. The van der Waals surface area contributed by atoms with Crippen LogP contribution in [0.15, 0.2) is 30.6 Å². The highest BCUT2D eigenvalue weighted by Gasteiger charge is 2.36. The predicted molar refractivity (Wildman–Crippen MR) is 85.3 cm³/mol. The Balaban J connectivity index is 1.85. The van der Waals surface area contributed by atoms with Crippen LogP contribution >= 0.6 is 0 Å². The van der Waals surface area contributed by atoms with Crippen LogP contribution in [0.5, 0.6) is 0 Å². The first-order chi connectivity index (χ1) is 10.3. The van der Waals surface area contributed by atoms with Crippen molar-refractivity contribution in [1.29, 1.82) is 0 Å². The Morgan fingerprint density at radius 2 is 2.29 bits per heavy atom. The van der Waals surface area contributed by atoms with Gasteiger partial charge in [0.2, 0.25) is 0 Å². The summed E-state index contributed by atoms with van der Waals surface area (Å²) in [7, 11) is 0. The van der Waals surface area contributed by atoms with Gasteiger partial charge in [0.05, 0.1) is 24.0 Å². The van der Waals surface area contributed by atoms with Gasteiger partial charge in [-0.3, -0.25) is 0 Å². The van der Waals surface area contributed by atoms with E-state index in [9.17, 15) is 5.11 Å². The largest absolute Gasteiger partial charge is 0.394 e. The van der Waals surface area contributed by atoms with Gasteiger partial charge in [0.25, 0.3) is 0 Å². The van der Waals surface area contributed by atoms with Crippen molar-refractivity contribution < 1.29 is 5.11 Å². The highest BCUT2D eigenvalue weighted by Crippen LogP contribution is 2.36. The number of para-hydroxylation sites is 2. The third-order valence-electron chi connectivity index (χ3n) is 4.75. The van der Waals surface area contributed by atoms with Crippen LogP contribution in [0.25, 0.3) is 11.0 Å². The van der Waals surface area contributed by atoms with Crippen LogP contribution in [0.2, 0.25) is 0 Å². The Morgan fingerprint density at radius 1 is 1.43 bits per heavy atom. The zero-order valence-electron chi connectivity index (χ0n) is 12.8. The molecule has 114 valence electrons. The summed E-state index contributed by atoms with van der Waals surface area (Å²) in [6, 6.07) is 8.71. The second kappa shape index (κ2) is 6.16. The van der Waals surface area contributed by atoms with Crippen LogP contribution in [0.1, 0.15) is 45.1 Å². The first-order valence-corrected chi connectivity index (χ1v) is 8.05. The van der Waals surface area contributed by atoms with Gasteiger partial charge in [0, 0.05) is 11.6 Å². The second-order valence-electron chi connectivity index (χ2n) is 6.26. The van der Waals surface area contributed by atoms with E-state index >= 15 is 0 Å². The van der Waals surface area contributed by atoms with Gasteiger partial charge in [0.1, 0.15) is 0 Å². The van der Waals surface area contributed by atoms with E-state index in [2.05, 4.69) is 40.0 Å². The number of imidazole rings is 1. The van der Waals surface area contributed by atoms with Crippen LogP contribution < -0.4 is 5.32 Å². The Bertz CT molecular complexity index is 594. The van der Waals surface area contributed by atoms with Crippen molar-refractivity contribution in [2.75, 3.05) is 13.2 Å². The van der Waals surface area contributed by atoms with Gasteiger partial charge >= 0.3 is 0 Å². The van der Waals surface area contributed by atoms with Crippen molar-refractivity contribution >= 4 is 11.0 Å². The highest BCUT2D eigenvalue weighted by atomic mass is 16.3. The molecule has 3 rings (SSSR count). The summed E-state index contributed by atoms with van der Waals surface area (Å²) in [6.45, 7) is 3.36. The van der Waals surface area contributed by atoms with Gasteiger partial charge in [-0.1, -0.05) is 19.1 Å². The smallest absolute Gasteiger partial charge is 0.0960 e. The third kappa shape index (κ3) is 2.83. The lowest BCUT2D eigenvalue weighted by atomic mass is 9.79. The minimum absolute atomic E-state index is 0.121. The van der Waals surface area contributed by atoms with E-state index < -0.39 is 0 Å². The number of aliphatic hydroxyl groups is 1. The van der Waals surface area contributed by atoms with E-state index in [0.29, 0.717) is 6.04 Å². The van der Waals surface area contributed by atoms with Gasteiger partial charge in [-0.15, -0.1) is 0 Å². The quantitative estimate of drug-likeness (QED) is 0.889. The van der Waals surface area contributed by atoms with E-state index in [1.165, 1.54) is 5.52 Å². The number of hydrogen-bond acceptors (Lipinski definition) is 3. The molecule has 1 aliphatic carbocycles. The van der Waals surface area contributed by atoms with E-state index in [4.69, 9.17) is 0 Å². The Labute approximate surface area is 126 Å². The molecule has 0 amide bonds. The topological polar surface area (TPSA) is 50.1 Å². The van der Waals surface area contributed by atoms with E-state index in [1.807, 2.05) is 12.4 Å². The molecule has 1 heterocycles. The Morgan fingerprint density at radius 3 is 3.10 bits per heavy atom. The normalized spacial score (nSPS) is 26.3. The lowest BCUT2D eigenvalue weighted by molar-refractivity contribution is 0.0989. The molecule has 0 bridgehead atoms. The van der Waals surface area contributed by atoms with Crippen molar-refractivity contribution in [2.24, 2.45) is 0 Å². The molecule has 2 N–H and O–H groups in total. The average molecular weight is 287 g/mol. The van der Waals surface area contributed by atoms with Gasteiger partial charge < -0.3 is 15.0 Å². The molecular formula is C17H25N3O. The number of fused-ring (bicyclic) bond motifs is 1. The minimum Gasteiger partial charge on any atom is -0.394 e. The molecule has 1 aromatic carbocycles. The van der Waals surface area contributed by atoms with Crippen molar-refractivity contribution in [3.63, 3.8) is 0 Å². The average Bonchev–Trinajstić information content (AvgIpc) is 2.97. The fourth-order valence-electron chi connectivity index (χ4n) is 3.59. The maximum absolute atomic E-state index is 9.91.